The molecule has 0 aliphatic heterocycles. The molecule has 0 spiro atoms. The molecule has 29 heavy (non-hydrogen) atoms. The van der Waals surface area contributed by atoms with Gasteiger partial charge in [-0.05, 0) is 25.3 Å². The van der Waals surface area contributed by atoms with Gasteiger partial charge in [0.25, 0.3) is 5.56 Å². The number of amides is 1. The van der Waals surface area contributed by atoms with E-state index in [1.807, 2.05) is 27.7 Å². The van der Waals surface area contributed by atoms with E-state index >= 15 is 0 Å². The average Bonchev–Trinajstić information content (AvgIpc) is 3.21. The van der Waals surface area contributed by atoms with Crippen LogP contribution in [0.1, 0.15) is 53.0 Å². The topological polar surface area (TPSA) is 106 Å². The predicted octanol–water partition coefficient (Wildman–Crippen LogP) is 2.97. The molecule has 0 bridgehead atoms. The molecule has 0 unspecified atom stereocenters. The van der Waals surface area contributed by atoms with Crippen molar-refractivity contribution < 1.29 is 14.3 Å². The lowest BCUT2D eigenvalue weighted by molar-refractivity contribution is -0.115. The molecular weight excluding hydrogens is 392 g/mol. The van der Waals surface area contributed by atoms with Gasteiger partial charge in [0, 0.05) is 27.9 Å². The van der Waals surface area contributed by atoms with Crippen LogP contribution in [0.5, 0.6) is 0 Å². The zero-order valence-corrected chi connectivity index (χ0v) is 18.1. The summed E-state index contributed by atoms with van der Waals surface area (Å²) >= 11 is 1.36. The summed E-state index contributed by atoms with van der Waals surface area (Å²) in [5.74, 6) is -0.772. The lowest BCUT2D eigenvalue weighted by atomic mass is 9.94. The molecule has 0 aliphatic carbocycles. The Bertz CT molecular complexity index is 1160. The first-order valence-corrected chi connectivity index (χ1v) is 9.93. The summed E-state index contributed by atoms with van der Waals surface area (Å²) in [5.41, 5.74) is 2.55. The molecule has 0 fully saturated rings. The highest BCUT2D eigenvalue weighted by atomic mass is 32.1. The molecule has 0 saturated carbocycles. The van der Waals surface area contributed by atoms with Gasteiger partial charge in [-0.15, -0.1) is 11.3 Å². The van der Waals surface area contributed by atoms with Crippen LogP contribution in [0.15, 0.2) is 16.9 Å². The summed E-state index contributed by atoms with van der Waals surface area (Å²) in [6, 6.07) is 3.17. The number of carbonyl (C=O) groups excluding carboxylic acids is 2. The number of carbonyl (C=O) groups is 2. The van der Waals surface area contributed by atoms with Gasteiger partial charge in [0.15, 0.2) is 5.65 Å². The number of methoxy groups -OCH3 is 1. The second-order valence-corrected chi connectivity index (χ2v) is 8.95. The van der Waals surface area contributed by atoms with E-state index in [1.54, 1.807) is 17.5 Å². The van der Waals surface area contributed by atoms with Crippen molar-refractivity contribution in [3.63, 3.8) is 0 Å². The molecule has 0 atom stereocenters. The first-order chi connectivity index (χ1) is 13.5. The van der Waals surface area contributed by atoms with Crippen molar-refractivity contribution in [2.24, 2.45) is 0 Å². The number of rotatable bonds is 4. The van der Waals surface area contributed by atoms with Crippen LogP contribution in [0.25, 0.3) is 5.65 Å². The van der Waals surface area contributed by atoms with Crippen molar-refractivity contribution >= 4 is 33.9 Å². The summed E-state index contributed by atoms with van der Waals surface area (Å²) in [6.07, 6.45) is 0.0597. The minimum absolute atomic E-state index is 0.0597. The van der Waals surface area contributed by atoms with Crippen molar-refractivity contribution in [1.82, 2.24) is 14.6 Å². The summed E-state index contributed by atoms with van der Waals surface area (Å²) in [7, 11) is 1.31. The zero-order chi connectivity index (χ0) is 21.5. The van der Waals surface area contributed by atoms with Crippen LogP contribution < -0.4 is 10.9 Å². The van der Waals surface area contributed by atoms with E-state index in [4.69, 9.17) is 4.74 Å². The van der Waals surface area contributed by atoms with E-state index in [-0.39, 0.29) is 23.3 Å². The molecule has 0 aromatic carbocycles. The van der Waals surface area contributed by atoms with Crippen LogP contribution in [-0.2, 0) is 21.4 Å². The van der Waals surface area contributed by atoms with E-state index in [1.165, 1.54) is 24.5 Å². The van der Waals surface area contributed by atoms with Gasteiger partial charge in [0.1, 0.15) is 5.00 Å². The van der Waals surface area contributed by atoms with Crippen LogP contribution in [0.2, 0.25) is 0 Å². The SMILES string of the molecule is COC(=O)c1cc(C(C)(C)C)sc1NC(=O)Cc1c(C)nc2cc(=O)[nH]n2c1C. The highest BCUT2D eigenvalue weighted by molar-refractivity contribution is 7.16. The van der Waals surface area contributed by atoms with E-state index in [9.17, 15) is 14.4 Å². The summed E-state index contributed by atoms with van der Waals surface area (Å²) in [4.78, 5) is 41.9. The van der Waals surface area contributed by atoms with Gasteiger partial charge >= 0.3 is 5.97 Å². The van der Waals surface area contributed by atoms with Gasteiger partial charge in [-0.25, -0.2) is 14.3 Å². The number of thiophene rings is 1. The Kier molecular flexibility index (Phi) is 5.36. The second kappa shape index (κ2) is 7.47. The summed E-state index contributed by atoms with van der Waals surface area (Å²) in [6.45, 7) is 9.74. The zero-order valence-electron chi connectivity index (χ0n) is 17.3. The number of fused-ring (bicyclic) bond motifs is 1. The standard InChI is InChI=1S/C20H24N4O4S/c1-10-12(11(2)24-15(21-10)9-17(26)23-24)8-16(25)22-18-13(19(27)28-6)7-14(29-18)20(3,4)5/h7,9H,8H2,1-6H3,(H,22,25)(H,23,26). The first kappa shape index (κ1) is 20.8. The van der Waals surface area contributed by atoms with Gasteiger partial charge in [0.05, 0.1) is 19.1 Å². The van der Waals surface area contributed by atoms with Crippen LogP contribution in [0, 0.1) is 13.8 Å². The Labute approximate surface area is 171 Å². The fourth-order valence-electron chi connectivity index (χ4n) is 3.06. The molecule has 0 radical (unpaired) electrons. The van der Waals surface area contributed by atoms with Gasteiger partial charge in [-0.2, -0.15) is 0 Å². The maximum absolute atomic E-state index is 12.8. The number of anilines is 1. The highest BCUT2D eigenvalue weighted by Gasteiger charge is 2.25. The smallest absolute Gasteiger partial charge is 0.340 e. The Morgan fingerprint density at radius 1 is 1.28 bits per heavy atom. The van der Waals surface area contributed by atoms with Gasteiger partial charge in [0.2, 0.25) is 5.91 Å². The first-order valence-electron chi connectivity index (χ1n) is 9.11. The predicted molar refractivity (Wildman–Crippen MR) is 112 cm³/mol. The minimum atomic E-state index is -0.493. The molecule has 3 aromatic heterocycles. The second-order valence-electron chi connectivity index (χ2n) is 7.90. The lowest BCUT2D eigenvalue weighted by Gasteiger charge is -2.15. The number of hydrogen-bond donors (Lipinski definition) is 2. The lowest BCUT2D eigenvalue weighted by Crippen LogP contribution is -2.18. The van der Waals surface area contributed by atoms with E-state index in [2.05, 4.69) is 15.4 Å². The van der Waals surface area contributed by atoms with Gasteiger partial charge < -0.3 is 10.1 Å². The van der Waals surface area contributed by atoms with Crippen molar-refractivity contribution in [3.8, 4) is 0 Å². The summed E-state index contributed by atoms with van der Waals surface area (Å²) in [5, 5.41) is 5.98. The van der Waals surface area contributed by atoms with E-state index in [0.29, 0.717) is 27.5 Å². The maximum atomic E-state index is 12.8. The number of nitrogens with one attached hydrogen (secondary N) is 2. The molecule has 1 amide bonds. The van der Waals surface area contributed by atoms with Gasteiger partial charge in [-0.3, -0.25) is 14.7 Å². The number of aromatic amines is 1. The third-order valence-electron chi connectivity index (χ3n) is 4.67. The third kappa shape index (κ3) is 4.09. The molecule has 9 heteroatoms. The number of nitrogens with zero attached hydrogens (tertiary/aromatic N) is 2. The Morgan fingerprint density at radius 2 is 1.97 bits per heavy atom. The number of hydrogen-bond acceptors (Lipinski definition) is 6. The highest BCUT2D eigenvalue weighted by Crippen LogP contribution is 2.36. The van der Waals surface area contributed by atoms with Crippen LogP contribution in [0.4, 0.5) is 5.00 Å². The van der Waals surface area contributed by atoms with Crippen LogP contribution in [-0.4, -0.2) is 33.6 Å². The molecule has 3 rings (SSSR count). The van der Waals surface area contributed by atoms with Crippen molar-refractivity contribution in [1.29, 1.82) is 0 Å². The van der Waals surface area contributed by atoms with Crippen molar-refractivity contribution in [2.45, 2.75) is 46.5 Å². The van der Waals surface area contributed by atoms with E-state index < -0.39 is 5.97 Å². The number of aromatic nitrogens is 3. The van der Waals surface area contributed by atoms with Crippen LogP contribution in [0.3, 0.4) is 0 Å². The molecule has 154 valence electrons. The van der Waals surface area contributed by atoms with Crippen molar-refractivity contribution in [3.05, 3.63) is 49.9 Å². The Morgan fingerprint density at radius 3 is 2.59 bits per heavy atom. The van der Waals surface area contributed by atoms with Crippen LogP contribution >= 0.6 is 11.3 Å². The maximum Gasteiger partial charge on any atom is 0.340 e. The quantitative estimate of drug-likeness (QED) is 0.636. The van der Waals surface area contributed by atoms with Gasteiger partial charge in [-0.1, -0.05) is 20.8 Å². The molecule has 0 saturated heterocycles. The average molecular weight is 417 g/mol. The fourth-order valence-corrected chi connectivity index (χ4v) is 4.18. The Hall–Kier alpha value is -2.94. The van der Waals surface area contributed by atoms with Crippen molar-refractivity contribution in [2.75, 3.05) is 12.4 Å². The molecular formula is C20H24N4O4S. The largest absolute Gasteiger partial charge is 0.465 e. The minimum Gasteiger partial charge on any atom is -0.465 e. The van der Waals surface area contributed by atoms with E-state index in [0.717, 1.165) is 10.6 Å². The number of aryl methyl sites for hydroxylation is 2. The molecule has 0 aliphatic rings. The fraction of sp³-hybridized carbons (Fsp3) is 0.400. The number of esters is 1. The monoisotopic (exact) mass is 416 g/mol. The number of H-pyrrole nitrogens is 1. The normalized spacial score (nSPS) is 11.7. The molecule has 3 heterocycles. The summed E-state index contributed by atoms with van der Waals surface area (Å²) < 4.78 is 6.43. The molecule has 8 nitrogen and oxygen atoms in total. The molecule has 3 aromatic rings. The Balaban J connectivity index is 1.92. The third-order valence-corrected chi connectivity index (χ3v) is 6.15. The molecule has 2 N–H and O–H groups in total. The number of ether oxygens (including phenoxy) is 1.